The van der Waals surface area contributed by atoms with E-state index in [1.165, 1.54) is 0 Å². The van der Waals surface area contributed by atoms with Crippen molar-refractivity contribution in [2.75, 3.05) is 19.7 Å². The van der Waals surface area contributed by atoms with E-state index >= 15 is 0 Å². The van der Waals surface area contributed by atoms with Crippen molar-refractivity contribution in [1.82, 2.24) is 15.0 Å². The van der Waals surface area contributed by atoms with Crippen LogP contribution in [0.2, 0.25) is 0 Å². The molecule has 0 unspecified atom stereocenters. The van der Waals surface area contributed by atoms with Crippen LogP contribution in [-0.2, 0) is 0 Å². The summed E-state index contributed by atoms with van der Waals surface area (Å²) in [5, 5.41) is 12.8. The van der Waals surface area contributed by atoms with Crippen molar-refractivity contribution in [1.29, 1.82) is 5.26 Å². The lowest BCUT2D eigenvalue weighted by Gasteiger charge is -2.21. The second-order valence-corrected chi connectivity index (χ2v) is 5.70. The summed E-state index contributed by atoms with van der Waals surface area (Å²) in [7, 11) is 0. The van der Waals surface area contributed by atoms with Gasteiger partial charge in [0.15, 0.2) is 5.82 Å². The first kappa shape index (κ1) is 15.5. The average molecular weight is 312 g/mol. The van der Waals surface area contributed by atoms with E-state index in [1.807, 2.05) is 19.1 Å². The maximum Gasteiger partial charge on any atom is 0.223 e. The smallest absolute Gasteiger partial charge is 0.223 e. The summed E-state index contributed by atoms with van der Waals surface area (Å²) in [5.41, 5.74) is 0.646. The molecule has 0 N–H and O–H groups in total. The monoisotopic (exact) mass is 312 g/mol. The Bertz CT molecular complexity index is 675. The molecule has 6 heteroatoms. The number of aromatic nitrogens is 2. The molecule has 0 saturated carbocycles. The maximum atomic E-state index is 8.77. The minimum atomic E-state index is 0.266. The quantitative estimate of drug-likeness (QED) is 0.763. The van der Waals surface area contributed by atoms with Crippen molar-refractivity contribution >= 4 is 0 Å². The molecule has 0 radical (unpaired) electrons. The molecule has 6 nitrogen and oxygen atoms in total. The predicted molar refractivity (Wildman–Crippen MR) is 83.9 cm³/mol. The fourth-order valence-corrected chi connectivity index (χ4v) is 2.92. The summed E-state index contributed by atoms with van der Waals surface area (Å²) in [6.45, 7) is 4.49. The Balaban J connectivity index is 1.45. The van der Waals surface area contributed by atoms with Crippen molar-refractivity contribution in [3.8, 4) is 11.8 Å². The number of aryl methyl sites for hydroxylation is 1. The first-order valence-corrected chi connectivity index (χ1v) is 7.93. The van der Waals surface area contributed by atoms with Crippen LogP contribution in [0.4, 0.5) is 0 Å². The Hall–Kier alpha value is -2.39. The van der Waals surface area contributed by atoms with Crippen LogP contribution in [0.5, 0.6) is 5.75 Å². The van der Waals surface area contributed by atoms with Gasteiger partial charge in [0, 0.05) is 13.5 Å². The topological polar surface area (TPSA) is 75.2 Å². The number of rotatable bonds is 6. The Kier molecular flexibility index (Phi) is 4.89. The van der Waals surface area contributed by atoms with Gasteiger partial charge in [-0.3, -0.25) is 4.90 Å². The van der Waals surface area contributed by atoms with Gasteiger partial charge < -0.3 is 9.26 Å². The highest BCUT2D eigenvalue weighted by molar-refractivity contribution is 5.34. The summed E-state index contributed by atoms with van der Waals surface area (Å²) in [6, 6.07) is 9.57. The van der Waals surface area contributed by atoms with Crippen molar-refractivity contribution in [3.05, 3.63) is 41.5 Å². The number of likely N-dealkylation sites (tertiary alicyclic amines) is 1. The van der Waals surface area contributed by atoms with E-state index in [2.05, 4.69) is 21.1 Å². The number of benzene rings is 1. The molecule has 1 aliphatic rings. The van der Waals surface area contributed by atoms with Crippen LogP contribution >= 0.6 is 0 Å². The van der Waals surface area contributed by atoms with Gasteiger partial charge in [-0.1, -0.05) is 5.16 Å². The summed E-state index contributed by atoms with van der Waals surface area (Å²) in [6.07, 6.45) is 3.18. The zero-order chi connectivity index (χ0) is 16.1. The molecule has 1 aromatic heterocycles. The molecule has 1 saturated heterocycles. The van der Waals surface area contributed by atoms with Gasteiger partial charge >= 0.3 is 0 Å². The average Bonchev–Trinajstić information content (AvgIpc) is 3.20. The largest absolute Gasteiger partial charge is 0.494 e. The first-order chi connectivity index (χ1) is 11.3. The number of hydrogen-bond donors (Lipinski definition) is 0. The molecule has 0 bridgehead atoms. The zero-order valence-electron chi connectivity index (χ0n) is 13.2. The second kappa shape index (κ2) is 7.25. The van der Waals surface area contributed by atoms with E-state index < -0.39 is 0 Å². The molecule has 1 atom stereocenters. The van der Waals surface area contributed by atoms with Gasteiger partial charge in [0.2, 0.25) is 5.89 Å². The summed E-state index contributed by atoms with van der Waals surface area (Å²) in [4.78, 5) is 6.75. The van der Waals surface area contributed by atoms with Gasteiger partial charge in [0.1, 0.15) is 5.75 Å². The molecule has 2 aromatic rings. The van der Waals surface area contributed by atoms with Crippen molar-refractivity contribution in [3.63, 3.8) is 0 Å². The van der Waals surface area contributed by atoms with Crippen molar-refractivity contribution < 1.29 is 9.26 Å². The SMILES string of the molecule is Cc1nc([C@H]2CCCN2CCCOc2ccc(C#N)cc2)no1. The Morgan fingerprint density at radius 3 is 2.91 bits per heavy atom. The lowest BCUT2D eigenvalue weighted by Crippen LogP contribution is -2.26. The first-order valence-electron chi connectivity index (χ1n) is 7.93. The second-order valence-electron chi connectivity index (χ2n) is 5.70. The van der Waals surface area contributed by atoms with Gasteiger partial charge in [0.05, 0.1) is 24.3 Å². The Labute approximate surface area is 135 Å². The Morgan fingerprint density at radius 2 is 2.22 bits per heavy atom. The third-order valence-corrected chi connectivity index (χ3v) is 4.05. The highest BCUT2D eigenvalue weighted by Crippen LogP contribution is 2.29. The van der Waals surface area contributed by atoms with Crippen LogP contribution < -0.4 is 4.74 Å². The molecule has 3 rings (SSSR count). The normalized spacial score (nSPS) is 18.0. The van der Waals surface area contributed by atoms with Crippen LogP contribution in [0.3, 0.4) is 0 Å². The molecule has 23 heavy (non-hydrogen) atoms. The molecule has 120 valence electrons. The van der Waals surface area contributed by atoms with Crippen LogP contribution in [-0.4, -0.2) is 34.7 Å². The highest BCUT2D eigenvalue weighted by atomic mass is 16.5. The van der Waals surface area contributed by atoms with Crippen LogP contribution in [0.15, 0.2) is 28.8 Å². The van der Waals surface area contributed by atoms with Gasteiger partial charge in [0.25, 0.3) is 0 Å². The minimum Gasteiger partial charge on any atom is -0.494 e. The van der Waals surface area contributed by atoms with Crippen LogP contribution in [0, 0.1) is 18.3 Å². The van der Waals surface area contributed by atoms with E-state index in [0.717, 1.165) is 43.9 Å². The third-order valence-electron chi connectivity index (χ3n) is 4.05. The predicted octanol–water partition coefficient (Wildman–Crippen LogP) is 2.86. The molecular formula is C17H20N4O2. The van der Waals surface area contributed by atoms with E-state index in [0.29, 0.717) is 18.1 Å². The summed E-state index contributed by atoms with van der Waals surface area (Å²) < 4.78 is 10.8. The zero-order valence-corrected chi connectivity index (χ0v) is 13.2. The number of nitrogens with zero attached hydrogens (tertiary/aromatic N) is 4. The van der Waals surface area contributed by atoms with Gasteiger partial charge in [-0.2, -0.15) is 10.2 Å². The van der Waals surface area contributed by atoms with Crippen LogP contribution in [0.1, 0.15) is 42.6 Å². The molecule has 0 aliphatic carbocycles. The number of nitriles is 1. The fraction of sp³-hybridized carbons (Fsp3) is 0.471. The van der Waals surface area contributed by atoms with E-state index in [1.54, 1.807) is 12.1 Å². The number of ether oxygens (including phenoxy) is 1. The van der Waals surface area contributed by atoms with Gasteiger partial charge in [-0.25, -0.2) is 0 Å². The molecule has 1 aromatic carbocycles. The molecule has 0 amide bonds. The maximum absolute atomic E-state index is 8.77. The fourth-order valence-electron chi connectivity index (χ4n) is 2.92. The van der Waals surface area contributed by atoms with E-state index in [-0.39, 0.29) is 6.04 Å². The number of hydrogen-bond acceptors (Lipinski definition) is 6. The molecule has 1 fully saturated rings. The van der Waals surface area contributed by atoms with Gasteiger partial charge in [-0.15, -0.1) is 0 Å². The molecule has 2 heterocycles. The third kappa shape index (κ3) is 3.88. The molecule has 0 spiro atoms. The van der Waals surface area contributed by atoms with E-state index in [9.17, 15) is 0 Å². The standard InChI is InChI=1S/C17H20N4O2/c1-13-19-17(20-23-13)16-4-2-9-21(16)10-3-11-22-15-7-5-14(12-18)6-8-15/h5-8,16H,2-4,9-11H2,1H3/t16-/m1/s1. The molecule has 1 aliphatic heterocycles. The lowest BCUT2D eigenvalue weighted by atomic mass is 10.2. The van der Waals surface area contributed by atoms with Crippen molar-refractivity contribution in [2.24, 2.45) is 0 Å². The molecular weight excluding hydrogens is 292 g/mol. The lowest BCUT2D eigenvalue weighted by molar-refractivity contribution is 0.214. The highest BCUT2D eigenvalue weighted by Gasteiger charge is 2.29. The summed E-state index contributed by atoms with van der Waals surface area (Å²) in [5.74, 6) is 2.22. The Morgan fingerprint density at radius 1 is 1.39 bits per heavy atom. The van der Waals surface area contributed by atoms with Gasteiger partial charge in [-0.05, 0) is 50.1 Å². The minimum absolute atomic E-state index is 0.266. The van der Waals surface area contributed by atoms with Crippen molar-refractivity contribution in [2.45, 2.75) is 32.2 Å². The summed E-state index contributed by atoms with van der Waals surface area (Å²) >= 11 is 0. The van der Waals surface area contributed by atoms with E-state index in [4.69, 9.17) is 14.5 Å². The van der Waals surface area contributed by atoms with Crippen LogP contribution in [0.25, 0.3) is 0 Å².